The Labute approximate surface area is 181 Å². The van der Waals surface area contributed by atoms with E-state index >= 15 is 0 Å². The summed E-state index contributed by atoms with van der Waals surface area (Å²) in [5, 5.41) is -0.308. The minimum atomic E-state index is -4.93. The molecule has 2 aromatic rings. The fourth-order valence-electron chi connectivity index (χ4n) is 2.12. The second kappa shape index (κ2) is 9.08. The standard InChI is InChI=1S/C18H8Cl4F6O/c19-9-1-3-11(13(21)5-9)15(7-17(23,24)25)29-16(8-18(26,27)28)12-4-2-10(20)6-14(12)22/h1-8H. The third kappa shape index (κ3) is 7.33. The molecule has 11 heteroatoms. The summed E-state index contributed by atoms with van der Waals surface area (Å²) in [5.74, 6) is -1.97. The van der Waals surface area contributed by atoms with Crippen LogP contribution in [0.25, 0.3) is 11.5 Å². The van der Waals surface area contributed by atoms with Gasteiger partial charge in [0, 0.05) is 21.2 Å². The summed E-state index contributed by atoms with van der Waals surface area (Å²) >= 11 is 23.3. The Kier molecular flexibility index (Phi) is 7.43. The van der Waals surface area contributed by atoms with E-state index in [2.05, 4.69) is 0 Å². The van der Waals surface area contributed by atoms with Gasteiger partial charge in [-0.2, -0.15) is 26.3 Å². The van der Waals surface area contributed by atoms with E-state index in [-0.39, 0.29) is 43.4 Å². The summed E-state index contributed by atoms with van der Waals surface area (Å²) in [7, 11) is 0. The van der Waals surface area contributed by atoms with Crippen molar-refractivity contribution in [2.45, 2.75) is 12.4 Å². The molecule has 0 radical (unpaired) electrons. The van der Waals surface area contributed by atoms with E-state index in [0.717, 1.165) is 24.3 Å². The molecular weight excluding hydrogens is 488 g/mol. The largest absolute Gasteiger partial charge is 0.456 e. The molecule has 0 aromatic heterocycles. The molecule has 0 unspecified atom stereocenters. The molecule has 0 aliphatic rings. The van der Waals surface area contributed by atoms with Crippen molar-refractivity contribution in [2.24, 2.45) is 0 Å². The molecule has 0 saturated heterocycles. The smallest absolute Gasteiger partial charge is 0.413 e. The second-order valence-electron chi connectivity index (χ2n) is 5.45. The molecule has 1 nitrogen and oxygen atoms in total. The van der Waals surface area contributed by atoms with Gasteiger partial charge in [0.25, 0.3) is 0 Å². The summed E-state index contributed by atoms with van der Waals surface area (Å²) in [6.45, 7) is 0. The highest BCUT2D eigenvalue weighted by molar-refractivity contribution is 6.36. The molecule has 29 heavy (non-hydrogen) atoms. The number of hydrogen-bond donors (Lipinski definition) is 0. The number of benzene rings is 2. The second-order valence-corrected chi connectivity index (χ2v) is 7.14. The lowest BCUT2D eigenvalue weighted by Gasteiger charge is -2.18. The van der Waals surface area contributed by atoms with E-state index < -0.39 is 23.9 Å². The first kappa shape index (κ1) is 23.7. The molecule has 0 heterocycles. The number of ether oxygens (including phenoxy) is 1. The third-order valence-electron chi connectivity index (χ3n) is 3.20. The third-order valence-corrected chi connectivity index (χ3v) is 4.30. The highest BCUT2D eigenvalue weighted by Crippen LogP contribution is 2.38. The Morgan fingerprint density at radius 2 is 1.00 bits per heavy atom. The minimum Gasteiger partial charge on any atom is -0.456 e. The topological polar surface area (TPSA) is 9.23 Å². The first-order chi connectivity index (χ1) is 13.2. The first-order valence-corrected chi connectivity index (χ1v) is 8.94. The van der Waals surface area contributed by atoms with E-state index in [9.17, 15) is 26.3 Å². The van der Waals surface area contributed by atoms with Crippen LogP contribution in [0.2, 0.25) is 20.1 Å². The Morgan fingerprint density at radius 3 is 1.28 bits per heavy atom. The van der Waals surface area contributed by atoms with Gasteiger partial charge in [-0.25, -0.2) is 0 Å². The molecule has 0 bridgehead atoms. The molecule has 156 valence electrons. The van der Waals surface area contributed by atoms with E-state index in [1.807, 2.05) is 0 Å². The predicted octanol–water partition coefficient (Wildman–Crippen LogP) is 8.82. The molecule has 0 spiro atoms. The van der Waals surface area contributed by atoms with Crippen LogP contribution in [0.4, 0.5) is 26.3 Å². The maximum absolute atomic E-state index is 13.0. The van der Waals surface area contributed by atoms with Crippen LogP contribution < -0.4 is 0 Å². The van der Waals surface area contributed by atoms with E-state index in [4.69, 9.17) is 51.1 Å². The molecule has 2 aromatic carbocycles. The zero-order valence-corrected chi connectivity index (χ0v) is 16.8. The fourth-order valence-corrected chi connectivity index (χ4v) is 3.12. The zero-order valence-electron chi connectivity index (χ0n) is 13.8. The summed E-state index contributed by atoms with van der Waals surface area (Å²) < 4.78 is 83.1. The van der Waals surface area contributed by atoms with Crippen LogP contribution in [-0.2, 0) is 4.74 Å². The molecule has 0 aliphatic heterocycles. The first-order valence-electron chi connectivity index (χ1n) is 7.43. The Hall–Kier alpha value is -1.54. The van der Waals surface area contributed by atoms with Crippen LogP contribution in [0.15, 0.2) is 48.6 Å². The highest BCUT2D eigenvalue weighted by atomic mass is 35.5. The summed E-state index contributed by atoms with van der Waals surface area (Å²) in [5.41, 5.74) is -0.655. The van der Waals surface area contributed by atoms with Gasteiger partial charge in [0.05, 0.1) is 22.2 Å². The van der Waals surface area contributed by atoms with Crippen molar-refractivity contribution in [3.05, 3.63) is 79.8 Å². The van der Waals surface area contributed by atoms with Crippen molar-refractivity contribution < 1.29 is 31.1 Å². The Morgan fingerprint density at radius 1 is 0.655 bits per heavy atom. The number of allylic oxidation sites excluding steroid dienone is 2. The molecule has 0 N–H and O–H groups in total. The van der Waals surface area contributed by atoms with E-state index in [1.165, 1.54) is 12.1 Å². The van der Waals surface area contributed by atoms with Gasteiger partial charge in [0.15, 0.2) is 0 Å². The summed E-state index contributed by atoms with van der Waals surface area (Å²) in [6.07, 6.45) is -10.5. The maximum Gasteiger partial charge on any atom is 0.413 e. The molecular formula is C18H8Cl4F6O. The average molecular weight is 496 g/mol. The van der Waals surface area contributed by atoms with Crippen LogP contribution in [0.5, 0.6) is 0 Å². The number of halogens is 10. The SMILES string of the molecule is FC(F)(F)C=C(OC(=CC(F)(F)F)c1ccc(Cl)cc1Cl)c1ccc(Cl)cc1Cl. The van der Waals surface area contributed by atoms with Gasteiger partial charge < -0.3 is 4.74 Å². The minimum absolute atomic E-state index is 0.108. The highest BCUT2D eigenvalue weighted by Gasteiger charge is 2.30. The predicted molar refractivity (Wildman–Crippen MR) is 102 cm³/mol. The van der Waals surface area contributed by atoms with Crippen molar-refractivity contribution in [3.8, 4) is 0 Å². The molecule has 0 fully saturated rings. The van der Waals surface area contributed by atoms with Crippen LogP contribution in [0, 0.1) is 0 Å². The summed E-state index contributed by atoms with van der Waals surface area (Å²) in [6, 6.07) is 6.81. The Bertz CT molecular complexity index is 886. The fraction of sp³-hybridized carbons (Fsp3) is 0.111. The van der Waals surface area contributed by atoms with Gasteiger partial charge in [-0.1, -0.05) is 46.4 Å². The van der Waals surface area contributed by atoms with Gasteiger partial charge >= 0.3 is 12.4 Å². The van der Waals surface area contributed by atoms with Gasteiger partial charge in [0.2, 0.25) is 0 Å². The van der Waals surface area contributed by atoms with Crippen LogP contribution in [-0.4, -0.2) is 12.4 Å². The Balaban J connectivity index is 2.65. The van der Waals surface area contributed by atoms with Crippen LogP contribution >= 0.6 is 46.4 Å². The lowest BCUT2D eigenvalue weighted by molar-refractivity contribution is -0.0803. The van der Waals surface area contributed by atoms with Gasteiger partial charge in [0.1, 0.15) is 11.5 Å². The summed E-state index contributed by atoms with van der Waals surface area (Å²) in [4.78, 5) is 0. The molecule has 0 aliphatic carbocycles. The normalized spacial score (nSPS) is 13.6. The van der Waals surface area contributed by atoms with Gasteiger partial charge in [-0.3, -0.25) is 0 Å². The molecule has 0 saturated carbocycles. The average Bonchev–Trinajstić information content (AvgIpc) is 2.51. The van der Waals surface area contributed by atoms with Crippen LogP contribution in [0.3, 0.4) is 0 Å². The number of hydrogen-bond acceptors (Lipinski definition) is 1. The lowest BCUT2D eigenvalue weighted by Crippen LogP contribution is -2.08. The van der Waals surface area contributed by atoms with E-state index in [1.54, 1.807) is 0 Å². The van der Waals surface area contributed by atoms with Crippen molar-refractivity contribution >= 4 is 57.9 Å². The van der Waals surface area contributed by atoms with Gasteiger partial charge in [-0.15, -0.1) is 0 Å². The zero-order chi connectivity index (χ0) is 22.0. The molecule has 2 rings (SSSR count). The van der Waals surface area contributed by atoms with Crippen LogP contribution in [0.1, 0.15) is 11.1 Å². The molecule has 0 atom stereocenters. The quantitative estimate of drug-likeness (QED) is 0.304. The maximum atomic E-state index is 13.0. The lowest BCUT2D eigenvalue weighted by atomic mass is 10.1. The molecule has 0 amide bonds. The van der Waals surface area contributed by atoms with Crippen molar-refractivity contribution in [3.63, 3.8) is 0 Å². The number of rotatable bonds is 4. The van der Waals surface area contributed by atoms with Crippen molar-refractivity contribution in [1.82, 2.24) is 0 Å². The number of alkyl halides is 6. The van der Waals surface area contributed by atoms with Crippen molar-refractivity contribution in [1.29, 1.82) is 0 Å². The van der Waals surface area contributed by atoms with Gasteiger partial charge in [-0.05, 0) is 36.4 Å². The van der Waals surface area contributed by atoms with E-state index in [0.29, 0.717) is 0 Å². The monoisotopic (exact) mass is 494 g/mol. The van der Waals surface area contributed by atoms with Crippen molar-refractivity contribution in [2.75, 3.05) is 0 Å².